The third-order valence-electron chi connectivity index (χ3n) is 4.43. The zero-order valence-electron chi connectivity index (χ0n) is 9.20. The minimum absolute atomic E-state index is 0.0726. The second-order valence-electron chi connectivity index (χ2n) is 5.15. The van der Waals surface area contributed by atoms with Crippen molar-refractivity contribution < 1.29 is 14.4 Å². The first-order valence-electron chi connectivity index (χ1n) is 6.05. The number of amides is 3. The lowest BCUT2D eigenvalue weighted by molar-refractivity contribution is -0.141. The van der Waals surface area contributed by atoms with E-state index >= 15 is 0 Å². The monoisotopic (exact) mass is 232 g/mol. The summed E-state index contributed by atoms with van der Waals surface area (Å²) in [5.74, 6) is -0.672. The van der Waals surface area contributed by atoms with Crippen molar-refractivity contribution in [3.05, 3.63) is 12.2 Å². The minimum Gasteiger partial charge on any atom is -0.328 e. The zero-order valence-corrected chi connectivity index (χ0v) is 9.20. The van der Waals surface area contributed by atoms with E-state index in [9.17, 15) is 14.4 Å². The summed E-state index contributed by atoms with van der Waals surface area (Å²) in [6.45, 7) is 0.406. The summed E-state index contributed by atoms with van der Waals surface area (Å²) in [6.07, 6.45) is 4.87. The highest BCUT2D eigenvalue weighted by Crippen LogP contribution is 2.48. The fraction of sp³-hybridized carbons (Fsp3) is 0.583. The molecule has 5 heteroatoms. The molecule has 6 bridgehead atoms. The second-order valence-corrected chi connectivity index (χ2v) is 5.15. The molecule has 0 spiro atoms. The second kappa shape index (κ2) is 2.78. The van der Waals surface area contributed by atoms with Gasteiger partial charge in [-0.05, 0) is 6.42 Å². The molecule has 0 aromatic rings. The van der Waals surface area contributed by atoms with Gasteiger partial charge in [-0.1, -0.05) is 12.2 Å². The van der Waals surface area contributed by atoms with Gasteiger partial charge in [0.15, 0.2) is 0 Å². The Labute approximate surface area is 98.0 Å². The van der Waals surface area contributed by atoms with Crippen LogP contribution in [0.4, 0.5) is 0 Å². The summed E-state index contributed by atoms with van der Waals surface area (Å²) in [5.41, 5.74) is 0. The molecule has 4 unspecified atom stereocenters. The number of rotatable bonds is 0. The summed E-state index contributed by atoms with van der Waals surface area (Å²) in [6, 6.07) is -0.339. The van der Waals surface area contributed by atoms with Crippen LogP contribution in [0.5, 0.6) is 0 Å². The molecular formula is C12H12N2O3. The zero-order chi connectivity index (χ0) is 11.7. The molecule has 4 fully saturated rings. The van der Waals surface area contributed by atoms with E-state index in [1.807, 2.05) is 12.2 Å². The van der Waals surface area contributed by atoms with Crippen LogP contribution < -0.4 is 0 Å². The lowest BCUT2D eigenvalue weighted by Crippen LogP contribution is -2.41. The van der Waals surface area contributed by atoms with Gasteiger partial charge in [0.2, 0.25) is 17.7 Å². The Bertz CT molecular complexity index is 452. The Morgan fingerprint density at radius 1 is 1.00 bits per heavy atom. The number of imide groups is 1. The van der Waals surface area contributed by atoms with Gasteiger partial charge in [0.05, 0.1) is 23.9 Å². The molecule has 5 aliphatic heterocycles. The van der Waals surface area contributed by atoms with E-state index in [-0.39, 0.29) is 41.6 Å². The SMILES string of the molecule is O=C1C2C3C(=O)N1CCCC(=O)N1C2C=CC31. The summed E-state index contributed by atoms with van der Waals surface area (Å²) in [5, 5.41) is 0. The molecule has 0 aromatic carbocycles. The van der Waals surface area contributed by atoms with Crippen molar-refractivity contribution in [1.82, 2.24) is 9.80 Å². The molecule has 4 saturated heterocycles. The van der Waals surface area contributed by atoms with E-state index in [1.165, 1.54) is 4.90 Å². The Balaban J connectivity index is 1.90. The van der Waals surface area contributed by atoms with Gasteiger partial charge in [0.1, 0.15) is 0 Å². The Morgan fingerprint density at radius 3 is 2.18 bits per heavy atom. The van der Waals surface area contributed by atoms with E-state index < -0.39 is 0 Å². The van der Waals surface area contributed by atoms with Crippen LogP contribution in [0.15, 0.2) is 12.2 Å². The molecule has 0 saturated carbocycles. The number of nitrogens with zero attached hydrogens (tertiary/aromatic N) is 2. The standard InChI is InChI=1S/C12H12N2O3/c15-8-2-1-5-13-11(16)9-6-3-4-7(14(6)8)10(9)12(13)17/h3-4,6-7,9-10H,1-2,5H2. The first-order valence-corrected chi connectivity index (χ1v) is 6.05. The minimum atomic E-state index is -0.306. The highest BCUT2D eigenvalue weighted by atomic mass is 16.2. The first-order chi connectivity index (χ1) is 8.20. The summed E-state index contributed by atoms with van der Waals surface area (Å²) in [4.78, 5) is 39.6. The van der Waals surface area contributed by atoms with Crippen LogP contribution in [-0.4, -0.2) is 46.1 Å². The summed E-state index contributed by atoms with van der Waals surface area (Å²) >= 11 is 0. The number of fused-ring (bicyclic) bond motifs is 3. The topological polar surface area (TPSA) is 57.7 Å². The molecule has 0 N–H and O–H groups in total. The van der Waals surface area contributed by atoms with Gasteiger partial charge in [0, 0.05) is 13.0 Å². The summed E-state index contributed by atoms with van der Waals surface area (Å²) < 4.78 is 0. The van der Waals surface area contributed by atoms with Crippen molar-refractivity contribution in [3.8, 4) is 0 Å². The Kier molecular flexibility index (Phi) is 1.53. The molecule has 0 radical (unpaired) electrons. The quantitative estimate of drug-likeness (QED) is 0.419. The Morgan fingerprint density at radius 2 is 1.59 bits per heavy atom. The molecule has 0 aromatic heterocycles. The molecule has 0 aliphatic carbocycles. The van der Waals surface area contributed by atoms with E-state index in [0.29, 0.717) is 19.4 Å². The number of hydrogen-bond donors (Lipinski definition) is 0. The normalized spacial score (nSPS) is 42.5. The van der Waals surface area contributed by atoms with Crippen LogP contribution in [-0.2, 0) is 14.4 Å². The van der Waals surface area contributed by atoms with Crippen molar-refractivity contribution in [1.29, 1.82) is 0 Å². The van der Waals surface area contributed by atoms with Crippen LogP contribution in [0.3, 0.4) is 0 Å². The van der Waals surface area contributed by atoms with Crippen molar-refractivity contribution in [2.45, 2.75) is 24.9 Å². The van der Waals surface area contributed by atoms with Crippen molar-refractivity contribution in [3.63, 3.8) is 0 Å². The van der Waals surface area contributed by atoms with E-state index in [0.717, 1.165) is 0 Å². The van der Waals surface area contributed by atoms with E-state index in [4.69, 9.17) is 0 Å². The maximum atomic E-state index is 12.2. The van der Waals surface area contributed by atoms with Crippen LogP contribution in [0, 0.1) is 11.8 Å². The fourth-order valence-electron chi connectivity index (χ4n) is 3.76. The van der Waals surface area contributed by atoms with Crippen molar-refractivity contribution in [2.75, 3.05) is 6.54 Å². The molecule has 4 atom stereocenters. The van der Waals surface area contributed by atoms with Crippen LogP contribution in [0.2, 0.25) is 0 Å². The molecular weight excluding hydrogens is 220 g/mol. The summed E-state index contributed by atoms with van der Waals surface area (Å²) in [7, 11) is 0. The van der Waals surface area contributed by atoms with Crippen LogP contribution >= 0.6 is 0 Å². The maximum Gasteiger partial charge on any atom is 0.235 e. The number of carbonyl (C=O) groups is 3. The average molecular weight is 232 g/mol. The first kappa shape index (κ1) is 9.39. The maximum absolute atomic E-state index is 12.2. The highest BCUT2D eigenvalue weighted by molar-refractivity contribution is 6.08. The van der Waals surface area contributed by atoms with Crippen molar-refractivity contribution in [2.24, 2.45) is 11.8 Å². The predicted molar refractivity (Wildman–Crippen MR) is 56.5 cm³/mol. The molecule has 3 amide bonds. The van der Waals surface area contributed by atoms with Gasteiger partial charge >= 0.3 is 0 Å². The predicted octanol–water partition coefficient (Wildman–Crippen LogP) is -0.469. The molecule has 88 valence electrons. The van der Waals surface area contributed by atoms with Gasteiger partial charge in [-0.15, -0.1) is 0 Å². The lowest BCUT2D eigenvalue weighted by Gasteiger charge is -2.23. The van der Waals surface area contributed by atoms with Crippen LogP contribution in [0.25, 0.3) is 0 Å². The van der Waals surface area contributed by atoms with Gasteiger partial charge in [-0.3, -0.25) is 19.3 Å². The molecule has 17 heavy (non-hydrogen) atoms. The largest absolute Gasteiger partial charge is 0.328 e. The van der Waals surface area contributed by atoms with Crippen molar-refractivity contribution >= 4 is 17.7 Å². The fourth-order valence-corrected chi connectivity index (χ4v) is 3.76. The Hall–Kier alpha value is -1.65. The average Bonchev–Trinajstić information content (AvgIpc) is 2.94. The van der Waals surface area contributed by atoms with Gasteiger partial charge in [-0.2, -0.15) is 0 Å². The molecule has 5 nitrogen and oxygen atoms in total. The van der Waals surface area contributed by atoms with Gasteiger partial charge in [0.25, 0.3) is 0 Å². The van der Waals surface area contributed by atoms with E-state index in [2.05, 4.69) is 0 Å². The number of hydrogen-bond acceptors (Lipinski definition) is 3. The lowest BCUT2D eigenvalue weighted by atomic mass is 9.85. The number of carbonyl (C=O) groups excluding carboxylic acids is 3. The van der Waals surface area contributed by atoms with Gasteiger partial charge in [-0.25, -0.2) is 0 Å². The molecule has 5 rings (SSSR count). The van der Waals surface area contributed by atoms with Crippen LogP contribution in [0.1, 0.15) is 12.8 Å². The third-order valence-corrected chi connectivity index (χ3v) is 4.43. The third kappa shape index (κ3) is 0.899. The molecule has 5 heterocycles. The molecule has 5 aliphatic rings. The van der Waals surface area contributed by atoms with E-state index in [1.54, 1.807) is 4.90 Å². The smallest absolute Gasteiger partial charge is 0.235 e. The van der Waals surface area contributed by atoms with Gasteiger partial charge < -0.3 is 4.90 Å². The highest BCUT2D eigenvalue weighted by Gasteiger charge is 2.64.